The van der Waals surface area contributed by atoms with Gasteiger partial charge in [-0.25, -0.2) is 4.79 Å². The van der Waals surface area contributed by atoms with Crippen LogP contribution in [0.3, 0.4) is 0 Å². The quantitative estimate of drug-likeness (QED) is 0.912. The molecule has 4 heteroatoms. The lowest BCUT2D eigenvalue weighted by molar-refractivity contribution is 0.0697. The zero-order chi connectivity index (χ0) is 15.9. The van der Waals surface area contributed by atoms with E-state index in [4.69, 9.17) is 5.73 Å². The lowest BCUT2D eigenvalue weighted by Crippen LogP contribution is -2.14. The fraction of sp³-hybridized carbons (Fsp3) is 0.471. The summed E-state index contributed by atoms with van der Waals surface area (Å²) in [5, 5.41) is 10.4. The first-order valence-electron chi connectivity index (χ1n) is 7.24. The molecule has 2 rings (SSSR count). The van der Waals surface area contributed by atoms with Gasteiger partial charge in [-0.2, -0.15) is 0 Å². The first-order chi connectivity index (χ1) is 9.68. The Labute approximate surface area is 125 Å². The van der Waals surface area contributed by atoms with Gasteiger partial charge in [-0.1, -0.05) is 20.8 Å². The molecule has 3 N–H and O–H groups in total. The first kappa shape index (κ1) is 15.6. The number of aromatic carboxylic acids is 1. The largest absolute Gasteiger partial charge is 0.478 e. The van der Waals surface area contributed by atoms with Crippen LogP contribution in [0.2, 0.25) is 0 Å². The van der Waals surface area contributed by atoms with E-state index in [0.717, 1.165) is 34.1 Å². The highest BCUT2D eigenvalue weighted by Gasteiger charge is 2.24. The molecule has 1 aromatic heterocycles. The molecular weight excluding hydrogens is 264 g/mol. The van der Waals surface area contributed by atoms with Crippen molar-refractivity contribution in [2.75, 3.05) is 6.54 Å². The number of benzene rings is 1. The Hall–Kier alpha value is -1.81. The Bertz CT molecular complexity index is 706. The lowest BCUT2D eigenvalue weighted by atomic mass is 9.84. The number of fused-ring (bicyclic) bond motifs is 1. The average molecular weight is 288 g/mol. The number of carboxylic acid groups (broad SMARTS) is 1. The summed E-state index contributed by atoms with van der Waals surface area (Å²) in [6.45, 7) is 8.95. The van der Waals surface area contributed by atoms with E-state index in [1.807, 2.05) is 7.05 Å². The van der Waals surface area contributed by atoms with Crippen LogP contribution in [-0.4, -0.2) is 22.2 Å². The van der Waals surface area contributed by atoms with Crippen molar-refractivity contribution < 1.29 is 9.90 Å². The highest BCUT2D eigenvalue weighted by Crippen LogP contribution is 2.35. The molecule has 0 saturated heterocycles. The number of nitrogens with zero attached hydrogens (tertiary/aromatic N) is 1. The molecule has 0 bridgehead atoms. The molecule has 21 heavy (non-hydrogen) atoms. The van der Waals surface area contributed by atoms with Gasteiger partial charge < -0.3 is 15.4 Å². The molecule has 0 aliphatic heterocycles. The molecule has 0 aliphatic carbocycles. The fourth-order valence-corrected chi connectivity index (χ4v) is 2.95. The van der Waals surface area contributed by atoms with Crippen molar-refractivity contribution >= 4 is 16.9 Å². The van der Waals surface area contributed by atoms with Crippen LogP contribution < -0.4 is 5.73 Å². The first-order valence-corrected chi connectivity index (χ1v) is 7.24. The second-order valence-electron chi connectivity index (χ2n) is 6.64. The summed E-state index contributed by atoms with van der Waals surface area (Å²) in [4.78, 5) is 11.5. The Morgan fingerprint density at radius 2 is 1.95 bits per heavy atom. The Morgan fingerprint density at radius 3 is 2.43 bits per heavy atom. The summed E-state index contributed by atoms with van der Waals surface area (Å²) in [5.74, 6) is -0.886. The third-order valence-electron chi connectivity index (χ3n) is 4.16. The average Bonchev–Trinajstić information content (AvgIpc) is 2.62. The van der Waals surface area contributed by atoms with E-state index < -0.39 is 5.97 Å². The van der Waals surface area contributed by atoms with Gasteiger partial charge in [0.15, 0.2) is 0 Å². The molecular formula is C17H24N2O2. The van der Waals surface area contributed by atoms with Gasteiger partial charge in [0, 0.05) is 18.1 Å². The Morgan fingerprint density at radius 1 is 1.33 bits per heavy atom. The van der Waals surface area contributed by atoms with E-state index in [-0.39, 0.29) is 5.41 Å². The molecule has 0 aliphatic rings. The van der Waals surface area contributed by atoms with Gasteiger partial charge in [-0.3, -0.25) is 0 Å². The molecule has 4 nitrogen and oxygen atoms in total. The number of rotatable bonds is 3. The smallest absolute Gasteiger partial charge is 0.335 e. The van der Waals surface area contributed by atoms with E-state index in [1.165, 1.54) is 0 Å². The highest BCUT2D eigenvalue weighted by molar-refractivity contribution is 5.97. The number of nitrogens with two attached hydrogens (primary N) is 1. The maximum atomic E-state index is 11.5. The molecule has 2 aromatic rings. The lowest BCUT2D eigenvalue weighted by Gasteiger charge is -2.22. The van der Waals surface area contributed by atoms with Crippen LogP contribution in [0.25, 0.3) is 10.9 Å². The van der Waals surface area contributed by atoms with Gasteiger partial charge in [0.1, 0.15) is 0 Å². The van der Waals surface area contributed by atoms with E-state index in [0.29, 0.717) is 12.1 Å². The van der Waals surface area contributed by atoms with Crippen LogP contribution in [-0.2, 0) is 18.9 Å². The second kappa shape index (κ2) is 5.19. The summed E-state index contributed by atoms with van der Waals surface area (Å²) in [7, 11) is 2.04. The van der Waals surface area contributed by atoms with E-state index in [9.17, 15) is 9.90 Å². The molecule has 1 heterocycles. The fourth-order valence-electron chi connectivity index (χ4n) is 2.95. The third kappa shape index (κ3) is 2.56. The summed E-state index contributed by atoms with van der Waals surface area (Å²) < 4.78 is 2.16. The van der Waals surface area contributed by atoms with Crippen molar-refractivity contribution in [2.24, 2.45) is 12.8 Å². The van der Waals surface area contributed by atoms with Gasteiger partial charge in [0.25, 0.3) is 0 Å². The summed E-state index contributed by atoms with van der Waals surface area (Å²) in [6, 6.07) is 3.58. The van der Waals surface area contributed by atoms with Crippen molar-refractivity contribution in [3.05, 3.63) is 34.5 Å². The standard InChI is InChI=1S/C17H24N2O2/c1-10-12(6-7-18)13-8-11(16(20)21)9-14(17(2,3)4)15(13)19(10)5/h8-9H,6-7,18H2,1-5H3,(H,20,21). The number of carbonyl (C=O) groups is 1. The predicted octanol–water partition coefficient (Wildman–Crippen LogP) is 2.98. The number of aryl methyl sites for hydroxylation is 1. The van der Waals surface area contributed by atoms with Crippen molar-refractivity contribution in [1.29, 1.82) is 0 Å². The molecule has 114 valence electrons. The zero-order valence-electron chi connectivity index (χ0n) is 13.4. The van der Waals surface area contributed by atoms with Crippen LogP contribution in [0.15, 0.2) is 12.1 Å². The molecule has 1 aromatic carbocycles. The van der Waals surface area contributed by atoms with Gasteiger partial charge in [0.05, 0.1) is 11.1 Å². The number of aromatic nitrogens is 1. The maximum absolute atomic E-state index is 11.5. The predicted molar refractivity (Wildman–Crippen MR) is 86.1 cm³/mol. The third-order valence-corrected chi connectivity index (χ3v) is 4.16. The molecule has 0 fully saturated rings. The van der Waals surface area contributed by atoms with Gasteiger partial charge in [-0.05, 0) is 48.6 Å². The SMILES string of the molecule is Cc1c(CCN)c2cc(C(=O)O)cc(C(C)(C)C)c2n1C. The minimum atomic E-state index is -0.886. The number of carboxylic acids is 1. The maximum Gasteiger partial charge on any atom is 0.335 e. The molecule has 0 atom stereocenters. The zero-order valence-corrected chi connectivity index (χ0v) is 13.4. The van der Waals surface area contributed by atoms with Crippen LogP contribution in [0.1, 0.15) is 48.0 Å². The summed E-state index contributed by atoms with van der Waals surface area (Å²) >= 11 is 0. The monoisotopic (exact) mass is 288 g/mol. The molecule has 0 radical (unpaired) electrons. The molecule has 0 saturated carbocycles. The van der Waals surface area contributed by atoms with Crippen LogP contribution >= 0.6 is 0 Å². The highest BCUT2D eigenvalue weighted by atomic mass is 16.4. The second-order valence-corrected chi connectivity index (χ2v) is 6.64. The van der Waals surface area contributed by atoms with E-state index in [2.05, 4.69) is 32.3 Å². The minimum Gasteiger partial charge on any atom is -0.478 e. The molecule has 0 amide bonds. The molecule has 0 unspecified atom stereocenters. The summed E-state index contributed by atoms with van der Waals surface area (Å²) in [6.07, 6.45) is 0.760. The van der Waals surface area contributed by atoms with Crippen molar-refractivity contribution in [3.8, 4) is 0 Å². The van der Waals surface area contributed by atoms with Gasteiger partial charge in [-0.15, -0.1) is 0 Å². The van der Waals surface area contributed by atoms with Gasteiger partial charge >= 0.3 is 5.97 Å². The number of hydrogen-bond donors (Lipinski definition) is 2. The summed E-state index contributed by atoms with van der Waals surface area (Å²) in [5.41, 5.74) is 10.4. The Kier molecular flexibility index (Phi) is 3.85. The van der Waals surface area contributed by atoms with Crippen molar-refractivity contribution in [1.82, 2.24) is 4.57 Å². The molecule has 0 spiro atoms. The van der Waals surface area contributed by atoms with Crippen LogP contribution in [0.5, 0.6) is 0 Å². The topological polar surface area (TPSA) is 68.2 Å². The van der Waals surface area contributed by atoms with Crippen molar-refractivity contribution in [2.45, 2.75) is 39.5 Å². The number of hydrogen-bond acceptors (Lipinski definition) is 2. The van der Waals surface area contributed by atoms with Crippen LogP contribution in [0.4, 0.5) is 0 Å². The van der Waals surface area contributed by atoms with Crippen molar-refractivity contribution in [3.63, 3.8) is 0 Å². The Balaban J connectivity index is 2.95. The van der Waals surface area contributed by atoms with E-state index in [1.54, 1.807) is 12.1 Å². The normalized spacial score (nSPS) is 12.1. The van der Waals surface area contributed by atoms with Crippen LogP contribution in [0, 0.1) is 6.92 Å². The van der Waals surface area contributed by atoms with Gasteiger partial charge in [0.2, 0.25) is 0 Å². The minimum absolute atomic E-state index is 0.123. The van der Waals surface area contributed by atoms with E-state index >= 15 is 0 Å².